The van der Waals surface area contributed by atoms with Gasteiger partial charge in [0.1, 0.15) is 0 Å². The third kappa shape index (κ3) is 4.46. The number of ketones is 1. The van der Waals surface area contributed by atoms with Gasteiger partial charge in [0.05, 0.1) is 17.4 Å². The predicted molar refractivity (Wildman–Crippen MR) is 106 cm³/mol. The summed E-state index contributed by atoms with van der Waals surface area (Å²) in [7, 11) is -3.35. The van der Waals surface area contributed by atoms with Gasteiger partial charge in [0.25, 0.3) is 0 Å². The highest BCUT2D eigenvalue weighted by Crippen LogP contribution is 2.31. The molecule has 1 N–H and O–H groups in total. The van der Waals surface area contributed by atoms with Crippen molar-refractivity contribution in [3.05, 3.63) is 59.7 Å². The zero-order chi connectivity index (χ0) is 19.6. The number of hydrogen-bond donors (Lipinski definition) is 1. The molecule has 144 valence electrons. The van der Waals surface area contributed by atoms with E-state index in [2.05, 4.69) is 4.72 Å². The van der Waals surface area contributed by atoms with E-state index in [-0.39, 0.29) is 17.9 Å². The summed E-state index contributed by atoms with van der Waals surface area (Å²) < 4.78 is 33.0. The number of Topliss-reactive ketones (excluding diaryl/α,β-unsaturated/α-hetero) is 1. The highest BCUT2D eigenvalue weighted by Gasteiger charge is 2.33. The summed E-state index contributed by atoms with van der Waals surface area (Å²) >= 11 is 0. The Morgan fingerprint density at radius 3 is 2.44 bits per heavy atom. The molecule has 0 radical (unpaired) electrons. The standard InChI is InChI=1S/C21H25NO4S/c1-14(2)27(24,25)22-20-11-12-26-21(20)17-9-7-16(8-10-17)19-6-4-5-18(13-19)15(3)23/h4-10,13-14,20-22H,11-12H2,1-3H3/t20-,21-/m0/s1. The minimum atomic E-state index is -3.35. The van der Waals surface area contributed by atoms with Crippen LogP contribution in [0.3, 0.4) is 0 Å². The van der Waals surface area contributed by atoms with Crippen LogP contribution in [-0.4, -0.2) is 32.1 Å². The molecule has 0 amide bonds. The molecule has 1 aliphatic heterocycles. The van der Waals surface area contributed by atoms with Crippen LogP contribution in [0.1, 0.15) is 49.2 Å². The van der Waals surface area contributed by atoms with Gasteiger partial charge in [-0.05, 0) is 49.9 Å². The molecule has 1 fully saturated rings. The second-order valence-corrected chi connectivity index (χ2v) is 9.43. The molecule has 0 saturated carbocycles. The van der Waals surface area contributed by atoms with Gasteiger partial charge in [-0.15, -0.1) is 0 Å². The fourth-order valence-electron chi connectivity index (χ4n) is 3.17. The number of ether oxygens (including phenoxy) is 1. The zero-order valence-corrected chi connectivity index (χ0v) is 16.6. The lowest BCUT2D eigenvalue weighted by molar-refractivity contribution is 0.101. The molecule has 5 nitrogen and oxygen atoms in total. The Labute approximate surface area is 160 Å². The lowest BCUT2D eigenvalue weighted by Crippen LogP contribution is -2.40. The van der Waals surface area contributed by atoms with Gasteiger partial charge in [-0.3, -0.25) is 4.79 Å². The van der Waals surface area contributed by atoms with Crippen molar-refractivity contribution in [1.82, 2.24) is 4.72 Å². The summed E-state index contributed by atoms with van der Waals surface area (Å²) in [4.78, 5) is 11.6. The second-order valence-electron chi connectivity index (χ2n) is 7.16. The molecule has 1 saturated heterocycles. The third-order valence-electron chi connectivity index (χ3n) is 4.87. The summed E-state index contributed by atoms with van der Waals surface area (Å²) in [6.45, 7) is 5.41. The minimum Gasteiger partial charge on any atom is -0.372 e. The summed E-state index contributed by atoms with van der Waals surface area (Å²) in [6.07, 6.45) is 0.357. The van der Waals surface area contributed by atoms with E-state index in [4.69, 9.17) is 4.74 Å². The normalized spacial score (nSPS) is 20.1. The van der Waals surface area contributed by atoms with Crippen LogP contribution in [0.2, 0.25) is 0 Å². The Hall–Kier alpha value is -2.02. The topological polar surface area (TPSA) is 72.5 Å². The number of rotatable bonds is 6. The van der Waals surface area contributed by atoms with E-state index in [1.54, 1.807) is 26.8 Å². The van der Waals surface area contributed by atoms with Gasteiger partial charge in [0.15, 0.2) is 5.78 Å². The van der Waals surface area contributed by atoms with Crippen LogP contribution in [-0.2, 0) is 14.8 Å². The first-order valence-electron chi connectivity index (χ1n) is 9.12. The largest absolute Gasteiger partial charge is 0.372 e. The van der Waals surface area contributed by atoms with E-state index in [0.717, 1.165) is 16.7 Å². The smallest absolute Gasteiger partial charge is 0.214 e. The quantitative estimate of drug-likeness (QED) is 0.767. The number of hydrogen-bond acceptors (Lipinski definition) is 4. The van der Waals surface area contributed by atoms with Crippen molar-refractivity contribution < 1.29 is 17.9 Å². The summed E-state index contributed by atoms with van der Waals surface area (Å²) in [5.74, 6) is 0.0353. The van der Waals surface area contributed by atoms with Crippen molar-refractivity contribution in [2.24, 2.45) is 0 Å². The SMILES string of the molecule is CC(=O)c1cccc(-c2ccc([C@@H]3OCC[C@@H]3NS(=O)(=O)C(C)C)cc2)c1. The Morgan fingerprint density at radius 1 is 1.11 bits per heavy atom. The Morgan fingerprint density at radius 2 is 1.81 bits per heavy atom. The third-order valence-corrected chi connectivity index (χ3v) is 6.74. The van der Waals surface area contributed by atoms with Crippen molar-refractivity contribution in [2.75, 3.05) is 6.61 Å². The lowest BCUT2D eigenvalue weighted by Gasteiger charge is -2.21. The predicted octanol–water partition coefficient (Wildman–Crippen LogP) is 3.71. The Kier molecular flexibility index (Phi) is 5.79. The van der Waals surface area contributed by atoms with Gasteiger partial charge in [0, 0.05) is 12.2 Å². The van der Waals surface area contributed by atoms with Crippen LogP contribution < -0.4 is 4.72 Å². The van der Waals surface area contributed by atoms with Crippen LogP contribution in [0.25, 0.3) is 11.1 Å². The molecular weight excluding hydrogens is 362 g/mol. The van der Waals surface area contributed by atoms with Crippen molar-refractivity contribution in [1.29, 1.82) is 0 Å². The molecule has 1 aliphatic rings. The number of carbonyl (C=O) groups excluding carboxylic acids is 1. The van der Waals surface area contributed by atoms with E-state index >= 15 is 0 Å². The first-order valence-corrected chi connectivity index (χ1v) is 10.7. The first kappa shape index (κ1) is 19.7. The number of benzene rings is 2. The maximum absolute atomic E-state index is 12.2. The molecule has 27 heavy (non-hydrogen) atoms. The molecule has 3 rings (SSSR count). The van der Waals surface area contributed by atoms with Crippen molar-refractivity contribution in [2.45, 2.75) is 44.6 Å². The van der Waals surface area contributed by atoms with Gasteiger partial charge in [-0.2, -0.15) is 0 Å². The lowest BCUT2D eigenvalue weighted by atomic mass is 9.97. The average Bonchev–Trinajstić information content (AvgIpc) is 3.09. The highest BCUT2D eigenvalue weighted by atomic mass is 32.2. The van der Waals surface area contributed by atoms with E-state index in [9.17, 15) is 13.2 Å². The Balaban J connectivity index is 1.80. The molecule has 0 aliphatic carbocycles. The van der Waals surface area contributed by atoms with Gasteiger partial charge in [-0.1, -0.05) is 42.5 Å². The van der Waals surface area contributed by atoms with Gasteiger partial charge in [-0.25, -0.2) is 13.1 Å². The van der Waals surface area contributed by atoms with Gasteiger partial charge in [0.2, 0.25) is 10.0 Å². The van der Waals surface area contributed by atoms with Crippen molar-refractivity contribution in [3.8, 4) is 11.1 Å². The van der Waals surface area contributed by atoms with Crippen LogP contribution in [0.4, 0.5) is 0 Å². The van der Waals surface area contributed by atoms with E-state index in [1.165, 1.54) is 0 Å². The Bertz CT molecular complexity index is 919. The maximum atomic E-state index is 12.2. The van der Waals surface area contributed by atoms with Crippen LogP contribution >= 0.6 is 0 Å². The molecule has 2 aromatic rings. The highest BCUT2D eigenvalue weighted by molar-refractivity contribution is 7.90. The number of sulfonamides is 1. The molecule has 6 heteroatoms. The fourth-order valence-corrected chi connectivity index (χ4v) is 4.10. The van der Waals surface area contributed by atoms with Crippen LogP contribution in [0, 0.1) is 0 Å². The molecule has 0 bridgehead atoms. The minimum absolute atomic E-state index is 0.0353. The first-order chi connectivity index (χ1) is 12.8. The summed E-state index contributed by atoms with van der Waals surface area (Å²) in [6, 6.07) is 15.1. The molecule has 2 atom stereocenters. The van der Waals surface area contributed by atoms with E-state index in [0.29, 0.717) is 18.6 Å². The van der Waals surface area contributed by atoms with Crippen LogP contribution in [0.15, 0.2) is 48.5 Å². The molecule has 0 spiro atoms. The van der Waals surface area contributed by atoms with Crippen molar-refractivity contribution >= 4 is 15.8 Å². The van der Waals surface area contributed by atoms with Crippen molar-refractivity contribution in [3.63, 3.8) is 0 Å². The van der Waals surface area contributed by atoms with Gasteiger partial charge >= 0.3 is 0 Å². The maximum Gasteiger partial charge on any atom is 0.214 e. The van der Waals surface area contributed by atoms with Gasteiger partial charge < -0.3 is 4.74 Å². The summed E-state index contributed by atoms with van der Waals surface area (Å²) in [5, 5.41) is -0.477. The van der Waals surface area contributed by atoms with E-state index < -0.39 is 15.3 Å². The molecule has 2 aromatic carbocycles. The number of nitrogens with one attached hydrogen (secondary N) is 1. The fraction of sp³-hybridized carbons (Fsp3) is 0.381. The molecule has 0 aromatic heterocycles. The molecule has 1 heterocycles. The van der Waals surface area contributed by atoms with E-state index in [1.807, 2.05) is 42.5 Å². The molecule has 0 unspecified atom stereocenters. The number of carbonyl (C=O) groups is 1. The van der Waals surface area contributed by atoms with Crippen LogP contribution in [0.5, 0.6) is 0 Å². The monoisotopic (exact) mass is 387 g/mol. The summed E-state index contributed by atoms with van der Waals surface area (Å²) in [5.41, 5.74) is 3.59. The zero-order valence-electron chi connectivity index (χ0n) is 15.8. The second kappa shape index (κ2) is 7.92. The average molecular weight is 388 g/mol. The molecular formula is C21H25NO4S.